The normalized spacial score (nSPS) is 20.6. The second-order valence-electron chi connectivity index (χ2n) is 5.31. The molecule has 1 amide bonds. The molecule has 1 unspecified atom stereocenters. The molecule has 0 saturated carbocycles. The van der Waals surface area contributed by atoms with E-state index in [-0.39, 0.29) is 5.91 Å². The van der Waals surface area contributed by atoms with Gasteiger partial charge in [-0.05, 0) is 42.0 Å². The Kier molecular flexibility index (Phi) is 3.52. The van der Waals surface area contributed by atoms with Crippen molar-refractivity contribution >= 4 is 27.5 Å². The Balaban J connectivity index is 1.93. The Morgan fingerprint density at radius 3 is 3.11 bits per heavy atom. The van der Waals surface area contributed by atoms with Crippen molar-refractivity contribution in [3.05, 3.63) is 23.3 Å². The lowest BCUT2D eigenvalue weighted by molar-refractivity contribution is -0.119. The first kappa shape index (κ1) is 13.0. The van der Waals surface area contributed by atoms with E-state index in [4.69, 9.17) is 4.74 Å². The van der Waals surface area contributed by atoms with Gasteiger partial charge in [0.05, 0.1) is 12.3 Å². The van der Waals surface area contributed by atoms with E-state index in [1.165, 1.54) is 11.1 Å². The number of benzene rings is 1. The van der Waals surface area contributed by atoms with E-state index in [2.05, 4.69) is 35.0 Å². The van der Waals surface area contributed by atoms with Gasteiger partial charge >= 0.3 is 0 Å². The van der Waals surface area contributed by atoms with E-state index in [0.29, 0.717) is 12.3 Å². The quantitative estimate of drug-likeness (QED) is 0.628. The summed E-state index contributed by atoms with van der Waals surface area (Å²) >= 11 is 3.41. The Morgan fingerprint density at radius 1 is 1.47 bits per heavy atom. The zero-order chi connectivity index (χ0) is 13.4. The molecule has 2 aliphatic rings. The molecule has 3 nitrogen and oxygen atoms in total. The molecule has 3 rings (SSSR count). The van der Waals surface area contributed by atoms with Gasteiger partial charge in [0, 0.05) is 18.3 Å². The maximum absolute atomic E-state index is 12.0. The van der Waals surface area contributed by atoms with Crippen LogP contribution in [0.5, 0.6) is 5.75 Å². The highest BCUT2D eigenvalue weighted by molar-refractivity contribution is 9.09. The number of amides is 1. The summed E-state index contributed by atoms with van der Waals surface area (Å²) in [6.07, 6.45) is 2.58. The summed E-state index contributed by atoms with van der Waals surface area (Å²) in [5, 5.41) is 0.962. The van der Waals surface area contributed by atoms with E-state index in [1.54, 1.807) is 0 Å². The van der Waals surface area contributed by atoms with Crippen molar-refractivity contribution in [2.75, 3.05) is 23.4 Å². The molecule has 2 aliphatic heterocycles. The lowest BCUT2D eigenvalue weighted by atomic mass is 9.90. The van der Waals surface area contributed by atoms with Gasteiger partial charge in [0.1, 0.15) is 5.75 Å². The third kappa shape index (κ3) is 2.27. The van der Waals surface area contributed by atoms with E-state index in [1.807, 2.05) is 4.90 Å². The van der Waals surface area contributed by atoms with Crippen LogP contribution in [-0.4, -0.2) is 24.4 Å². The van der Waals surface area contributed by atoms with Crippen LogP contribution in [0.25, 0.3) is 0 Å². The standard InChI is InChI=1S/C15H18BrNO2/c1-10-7-14(18)17-5-3-11-8-12(19-6-2-4-16)9-13(10)15(11)17/h8-10H,2-7H2,1H3. The van der Waals surface area contributed by atoms with Crippen LogP contribution >= 0.6 is 15.9 Å². The van der Waals surface area contributed by atoms with Crippen LogP contribution < -0.4 is 9.64 Å². The second-order valence-corrected chi connectivity index (χ2v) is 6.10. The average molecular weight is 324 g/mol. The zero-order valence-electron chi connectivity index (χ0n) is 11.1. The van der Waals surface area contributed by atoms with Crippen LogP contribution in [0, 0.1) is 0 Å². The predicted octanol–water partition coefficient (Wildman–Crippen LogP) is 3.25. The lowest BCUT2D eigenvalue weighted by Gasteiger charge is -2.29. The largest absolute Gasteiger partial charge is 0.494 e. The summed E-state index contributed by atoms with van der Waals surface area (Å²) in [5.74, 6) is 1.53. The van der Waals surface area contributed by atoms with E-state index < -0.39 is 0 Å². The SMILES string of the molecule is CC1CC(=O)N2CCc3cc(OCCCBr)cc1c32. The highest BCUT2D eigenvalue weighted by atomic mass is 79.9. The van der Waals surface area contributed by atoms with Gasteiger partial charge in [-0.2, -0.15) is 0 Å². The van der Waals surface area contributed by atoms with E-state index in [9.17, 15) is 4.79 Å². The summed E-state index contributed by atoms with van der Waals surface area (Å²) in [6.45, 7) is 3.70. The monoisotopic (exact) mass is 323 g/mol. The Morgan fingerprint density at radius 2 is 2.32 bits per heavy atom. The van der Waals surface area contributed by atoms with Crippen molar-refractivity contribution in [3.63, 3.8) is 0 Å². The molecule has 1 aromatic carbocycles. The molecule has 0 fully saturated rings. The fourth-order valence-electron chi connectivity index (χ4n) is 2.99. The molecule has 0 spiro atoms. The van der Waals surface area contributed by atoms with Gasteiger partial charge in [-0.15, -0.1) is 0 Å². The molecule has 0 bridgehead atoms. The maximum Gasteiger partial charge on any atom is 0.227 e. The van der Waals surface area contributed by atoms with E-state index >= 15 is 0 Å². The van der Waals surface area contributed by atoms with Gasteiger partial charge in [0.2, 0.25) is 5.91 Å². The Hall–Kier alpha value is -1.03. The Labute approximate surface area is 122 Å². The number of hydrogen-bond donors (Lipinski definition) is 0. The molecular weight excluding hydrogens is 306 g/mol. The molecule has 1 aromatic rings. The van der Waals surface area contributed by atoms with Crippen molar-refractivity contribution in [1.29, 1.82) is 0 Å². The fourth-order valence-corrected chi connectivity index (χ4v) is 3.22. The molecule has 0 N–H and O–H groups in total. The average Bonchev–Trinajstić information content (AvgIpc) is 2.81. The molecule has 0 radical (unpaired) electrons. The van der Waals surface area contributed by atoms with Crippen LogP contribution in [0.15, 0.2) is 12.1 Å². The van der Waals surface area contributed by atoms with Crippen molar-refractivity contribution in [2.45, 2.75) is 32.1 Å². The minimum absolute atomic E-state index is 0.270. The number of carbonyl (C=O) groups excluding carboxylic acids is 1. The number of anilines is 1. The van der Waals surface area contributed by atoms with Crippen molar-refractivity contribution in [2.24, 2.45) is 0 Å². The molecule has 0 saturated heterocycles. The smallest absolute Gasteiger partial charge is 0.227 e. The van der Waals surface area contributed by atoms with Crippen molar-refractivity contribution in [3.8, 4) is 5.75 Å². The van der Waals surface area contributed by atoms with Gasteiger partial charge in [-0.25, -0.2) is 0 Å². The molecular formula is C15H18BrNO2. The predicted molar refractivity (Wildman–Crippen MR) is 79.4 cm³/mol. The molecule has 4 heteroatoms. The third-order valence-electron chi connectivity index (χ3n) is 3.93. The van der Waals surface area contributed by atoms with Gasteiger partial charge < -0.3 is 9.64 Å². The van der Waals surface area contributed by atoms with Crippen molar-refractivity contribution < 1.29 is 9.53 Å². The second kappa shape index (κ2) is 5.16. The van der Waals surface area contributed by atoms with Crippen LogP contribution in [-0.2, 0) is 11.2 Å². The van der Waals surface area contributed by atoms with Crippen LogP contribution in [0.4, 0.5) is 5.69 Å². The third-order valence-corrected chi connectivity index (χ3v) is 4.49. The van der Waals surface area contributed by atoms with E-state index in [0.717, 1.165) is 42.8 Å². The molecule has 1 atom stereocenters. The first-order valence-corrected chi connectivity index (χ1v) is 7.99. The van der Waals surface area contributed by atoms with Gasteiger partial charge in [-0.3, -0.25) is 4.79 Å². The number of carbonyl (C=O) groups is 1. The molecule has 0 aromatic heterocycles. The van der Waals surface area contributed by atoms with Crippen LogP contribution in [0.3, 0.4) is 0 Å². The topological polar surface area (TPSA) is 29.5 Å². The Bertz CT molecular complexity index is 515. The van der Waals surface area contributed by atoms with Gasteiger partial charge in [0.15, 0.2) is 0 Å². The number of ether oxygens (including phenoxy) is 1. The van der Waals surface area contributed by atoms with Crippen molar-refractivity contribution in [1.82, 2.24) is 0 Å². The van der Waals surface area contributed by atoms with Gasteiger partial charge in [0.25, 0.3) is 0 Å². The minimum atomic E-state index is 0.270. The summed E-state index contributed by atoms with van der Waals surface area (Å²) in [4.78, 5) is 14.0. The first-order valence-electron chi connectivity index (χ1n) is 6.86. The molecule has 19 heavy (non-hydrogen) atoms. The summed E-state index contributed by atoms with van der Waals surface area (Å²) in [7, 11) is 0. The molecule has 2 heterocycles. The minimum Gasteiger partial charge on any atom is -0.494 e. The van der Waals surface area contributed by atoms with Crippen LogP contribution in [0.1, 0.15) is 36.8 Å². The summed E-state index contributed by atoms with van der Waals surface area (Å²) in [5.41, 5.74) is 3.71. The number of rotatable bonds is 4. The first-order chi connectivity index (χ1) is 9.20. The highest BCUT2D eigenvalue weighted by Crippen LogP contribution is 2.43. The molecule has 102 valence electrons. The number of halogens is 1. The summed E-state index contributed by atoms with van der Waals surface area (Å²) < 4.78 is 5.82. The maximum atomic E-state index is 12.0. The van der Waals surface area contributed by atoms with Gasteiger partial charge in [-0.1, -0.05) is 22.9 Å². The highest BCUT2D eigenvalue weighted by Gasteiger charge is 2.34. The number of hydrogen-bond acceptors (Lipinski definition) is 2. The number of alkyl halides is 1. The zero-order valence-corrected chi connectivity index (χ0v) is 12.7. The lowest BCUT2D eigenvalue weighted by Crippen LogP contribution is -2.34. The molecule has 0 aliphatic carbocycles. The summed E-state index contributed by atoms with van der Waals surface area (Å²) in [6, 6.07) is 4.24. The fraction of sp³-hybridized carbons (Fsp3) is 0.533. The van der Waals surface area contributed by atoms with Crippen LogP contribution in [0.2, 0.25) is 0 Å². The number of nitrogens with zero attached hydrogens (tertiary/aromatic N) is 1.